The largest absolute Gasteiger partial charge is 0.451 e. The minimum Gasteiger partial charge on any atom is -0.373 e. The van der Waals surface area contributed by atoms with Crippen LogP contribution in [0.15, 0.2) is 6.07 Å². The zero-order chi connectivity index (χ0) is 14.8. The molecule has 0 saturated heterocycles. The van der Waals surface area contributed by atoms with Gasteiger partial charge in [-0.3, -0.25) is 0 Å². The van der Waals surface area contributed by atoms with Gasteiger partial charge in [-0.05, 0) is 31.6 Å². The maximum atomic E-state index is 12.7. The van der Waals surface area contributed by atoms with Crippen molar-refractivity contribution in [1.82, 2.24) is 9.97 Å². The summed E-state index contributed by atoms with van der Waals surface area (Å²) in [4.78, 5) is 7.02. The summed E-state index contributed by atoms with van der Waals surface area (Å²) in [5.74, 6) is -0.0247. The third-order valence-electron chi connectivity index (χ3n) is 3.60. The van der Waals surface area contributed by atoms with Gasteiger partial charge in [0.1, 0.15) is 11.6 Å². The quantitative estimate of drug-likeness (QED) is 0.893. The van der Waals surface area contributed by atoms with Gasteiger partial charge in [0.25, 0.3) is 0 Å². The Balaban J connectivity index is 2.14. The molecule has 1 aliphatic rings. The van der Waals surface area contributed by atoms with E-state index in [9.17, 15) is 13.2 Å². The van der Waals surface area contributed by atoms with Crippen molar-refractivity contribution in [2.24, 2.45) is 5.92 Å². The van der Waals surface area contributed by atoms with E-state index in [0.717, 1.165) is 25.7 Å². The van der Waals surface area contributed by atoms with E-state index in [-0.39, 0.29) is 17.7 Å². The molecule has 0 spiro atoms. The summed E-state index contributed by atoms with van der Waals surface area (Å²) in [7, 11) is 1.54. The molecule has 2 N–H and O–H groups in total. The molecule has 1 aromatic rings. The Morgan fingerprint density at radius 3 is 2.25 bits per heavy atom. The summed E-state index contributed by atoms with van der Waals surface area (Å²) >= 11 is 0. The van der Waals surface area contributed by atoms with Gasteiger partial charge in [0.2, 0.25) is 5.82 Å². The van der Waals surface area contributed by atoms with Crippen molar-refractivity contribution in [2.45, 2.75) is 44.8 Å². The van der Waals surface area contributed by atoms with Crippen molar-refractivity contribution in [2.75, 3.05) is 17.7 Å². The first kappa shape index (κ1) is 14.9. The van der Waals surface area contributed by atoms with Crippen molar-refractivity contribution in [3.63, 3.8) is 0 Å². The van der Waals surface area contributed by atoms with Crippen LogP contribution in [-0.4, -0.2) is 23.1 Å². The van der Waals surface area contributed by atoms with Gasteiger partial charge < -0.3 is 10.6 Å². The molecule has 1 fully saturated rings. The summed E-state index contributed by atoms with van der Waals surface area (Å²) in [6.07, 6.45) is -0.436. The number of anilines is 2. The summed E-state index contributed by atoms with van der Waals surface area (Å²) in [6, 6.07) is 1.69. The second-order valence-electron chi connectivity index (χ2n) is 5.31. The maximum Gasteiger partial charge on any atom is 0.451 e. The van der Waals surface area contributed by atoms with Crippen molar-refractivity contribution in [1.29, 1.82) is 0 Å². The van der Waals surface area contributed by atoms with Crippen LogP contribution in [-0.2, 0) is 6.18 Å². The van der Waals surface area contributed by atoms with Gasteiger partial charge in [0.05, 0.1) is 0 Å². The molecule has 2 rings (SSSR count). The molecule has 1 aliphatic carbocycles. The van der Waals surface area contributed by atoms with Crippen LogP contribution in [0, 0.1) is 5.92 Å². The second kappa shape index (κ2) is 5.85. The van der Waals surface area contributed by atoms with Crippen LogP contribution >= 0.6 is 0 Å². The first-order chi connectivity index (χ1) is 9.38. The SMILES string of the molecule is CNc1cc(NC2CCC(C)CC2)nc(C(F)(F)F)n1. The van der Waals surface area contributed by atoms with Gasteiger partial charge in [-0.15, -0.1) is 0 Å². The molecule has 0 amide bonds. The van der Waals surface area contributed by atoms with Crippen molar-refractivity contribution in [3.8, 4) is 0 Å². The highest BCUT2D eigenvalue weighted by atomic mass is 19.4. The number of aromatic nitrogens is 2. The van der Waals surface area contributed by atoms with E-state index in [1.807, 2.05) is 0 Å². The molecule has 7 heteroatoms. The van der Waals surface area contributed by atoms with Crippen molar-refractivity contribution >= 4 is 11.6 Å². The number of nitrogens with zero attached hydrogens (tertiary/aromatic N) is 2. The van der Waals surface area contributed by atoms with Gasteiger partial charge in [-0.25, -0.2) is 9.97 Å². The number of hydrogen-bond donors (Lipinski definition) is 2. The number of hydrogen-bond acceptors (Lipinski definition) is 4. The molecule has 20 heavy (non-hydrogen) atoms. The van der Waals surface area contributed by atoms with Crippen LogP contribution in [0.2, 0.25) is 0 Å². The predicted octanol–water partition coefficient (Wildman–Crippen LogP) is 3.53. The molecule has 0 unspecified atom stereocenters. The molecule has 4 nitrogen and oxygen atoms in total. The van der Waals surface area contributed by atoms with Gasteiger partial charge in [0, 0.05) is 19.2 Å². The van der Waals surface area contributed by atoms with Crippen molar-refractivity contribution in [3.05, 3.63) is 11.9 Å². The van der Waals surface area contributed by atoms with Crippen LogP contribution in [0.4, 0.5) is 24.8 Å². The zero-order valence-corrected chi connectivity index (χ0v) is 11.6. The van der Waals surface area contributed by atoms with E-state index in [2.05, 4.69) is 27.5 Å². The van der Waals surface area contributed by atoms with Crippen LogP contribution < -0.4 is 10.6 Å². The molecule has 0 radical (unpaired) electrons. The topological polar surface area (TPSA) is 49.8 Å². The summed E-state index contributed by atoms with van der Waals surface area (Å²) in [5, 5.41) is 5.73. The monoisotopic (exact) mass is 288 g/mol. The van der Waals surface area contributed by atoms with Gasteiger partial charge in [-0.2, -0.15) is 13.2 Å². The lowest BCUT2D eigenvalue weighted by atomic mass is 9.87. The third kappa shape index (κ3) is 3.74. The first-order valence-electron chi connectivity index (χ1n) is 6.79. The Morgan fingerprint density at radius 2 is 1.70 bits per heavy atom. The number of rotatable bonds is 3. The fourth-order valence-electron chi connectivity index (χ4n) is 2.39. The molecule has 1 saturated carbocycles. The van der Waals surface area contributed by atoms with Crippen LogP contribution in [0.1, 0.15) is 38.4 Å². The molecule has 1 aromatic heterocycles. The zero-order valence-electron chi connectivity index (χ0n) is 11.6. The molecule has 0 aliphatic heterocycles. The number of halogens is 3. The van der Waals surface area contributed by atoms with E-state index < -0.39 is 12.0 Å². The van der Waals surface area contributed by atoms with E-state index in [1.165, 1.54) is 13.1 Å². The lowest BCUT2D eigenvalue weighted by Gasteiger charge is -2.27. The molecule has 112 valence electrons. The summed E-state index contributed by atoms with van der Waals surface area (Å²) < 4.78 is 38.2. The molecular weight excluding hydrogens is 269 g/mol. The average Bonchev–Trinajstić information content (AvgIpc) is 2.40. The van der Waals surface area contributed by atoms with Crippen molar-refractivity contribution < 1.29 is 13.2 Å². The van der Waals surface area contributed by atoms with Crippen LogP contribution in [0.25, 0.3) is 0 Å². The fraction of sp³-hybridized carbons (Fsp3) is 0.692. The maximum absolute atomic E-state index is 12.7. The second-order valence-corrected chi connectivity index (χ2v) is 5.31. The Hall–Kier alpha value is -1.53. The Morgan fingerprint density at radius 1 is 1.10 bits per heavy atom. The van der Waals surface area contributed by atoms with Gasteiger partial charge >= 0.3 is 6.18 Å². The standard InChI is InChI=1S/C13H19F3N4/c1-8-3-5-9(6-4-8)18-11-7-10(17-2)19-12(20-11)13(14,15)16/h7-9H,3-6H2,1-2H3,(H2,17,18,19,20). The average molecular weight is 288 g/mol. The van der Waals surface area contributed by atoms with E-state index in [0.29, 0.717) is 5.92 Å². The number of alkyl halides is 3. The van der Waals surface area contributed by atoms with Gasteiger partial charge in [-0.1, -0.05) is 6.92 Å². The molecule has 0 atom stereocenters. The highest BCUT2D eigenvalue weighted by Gasteiger charge is 2.35. The minimum absolute atomic E-state index is 0.166. The summed E-state index contributed by atoms with van der Waals surface area (Å²) in [6.45, 7) is 2.20. The Bertz CT molecular complexity index is 453. The van der Waals surface area contributed by atoms with E-state index >= 15 is 0 Å². The van der Waals surface area contributed by atoms with Gasteiger partial charge in [0.15, 0.2) is 0 Å². The Kier molecular flexibility index (Phi) is 4.35. The van der Waals surface area contributed by atoms with Crippen LogP contribution in [0.3, 0.4) is 0 Å². The van der Waals surface area contributed by atoms with E-state index in [1.54, 1.807) is 0 Å². The highest BCUT2D eigenvalue weighted by molar-refractivity contribution is 5.48. The predicted molar refractivity (Wildman–Crippen MR) is 71.6 cm³/mol. The molecular formula is C13H19F3N4. The normalized spacial score (nSPS) is 23.4. The lowest BCUT2D eigenvalue weighted by Crippen LogP contribution is -2.26. The highest BCUT2D eigenvalue weighted by Crippen LogP contribution is 2.30. The lowest BCUT2D eigenvalue weighted by molar-refractivity contribution is -0.144. The number of nitrogens with one attached hydrogen (secondary N) is 2. The summed E-state index contributed by atoms with van der Waals surface area (Å²) in [5.41, 5.74) is 0. The first-order valence-corrected chi connectivity index (χ1v) is 6.79. The molecule has 0 bridgehead atoms. The smallest absolute Gasteiger partial charge is 0.373 e. The fourth-order valence-corrected chi connectivity index (χ4v) is 2.39. The molecule has 0 aromatic carbocycles. The Labute approximate surface area is 116 Å². The molecule has 1 heterocycles. The van der Waals surface area contributed by atoms with Crippen LogP contribution in [0.5, 0.6) is 0 Å². The third-order valence-corrected chi connectivity index (χ3v) is 3.60. The van der Waals surface area contributed by atoms with E-state index in [4.69, 9.17) is 0 Å². The minimum atomic E-state index is -4.54.